The molecule has 0 saturated heterocycles. The molecule has 2 amide bonds. The number of hydrogen-bond acceptors (Lipinski definition) is 6. The molecule has 2 N–H and O–H groups in total. The minimum Gasteiger partial charge on any atom is -0.488 e. The standard InChI is InChI=1S/C24H23F3N4O4/c25-24(26,27)17-6-3-5-16(15-17)18-9-10-19-22(28-18)31(11-14-34-19)23(33)30-20-7-4-8-21(29-20)35-13-2-1-12-32/h3-10,15,32H,1-2,11-14H2,(H,29,30,33). The highest BCUT2D eigenvalue weighted by atomic mass is 19.4. The molecule has 1 aliphatic heterocycles. The van der Waals surface area contributed by atoms with Crippen LogP contribution in [0.15, 0.2) is 54.6 Å². The fourth-order valence-electron chi connectivity index (χ4n) is 3.44. The molecule has 0 saturated carbocycles. The van der Waals surface area contributed by atoms with Crippen molar-refractivity contribution in [2.24, 2.45) is 0 Å². The number of carbonyl (C=O) groups excluding carboxylic acids is 1. The number of unbranched alkanes of at least 4 members (excludes halogenated alkanes) is 1. The number of carbonyl (C=O) groups is 1. The maximum atomic E-state index is 13.1. The van der Waals surface area contributed by atoms with Crippen LogP contribution in [0.3, 0.4) is 0 Å². The summed E-state index contributed by atoms with van der Waals surface area (Å²) in [4.78, 5) is 23.1. The lowest BCUT2D eigenvalue weighted by molar-refractivity contribution is -0.137. The summed E-state index contributed by atoms with van der Waals surface area (Å²) in [5.74, 6) is 1.13. The third-order valence-corrected chi connectivity index (χ3v) is 5.16. The van der Waals surface area contributed by atoms with Crippen molar-refractivity contribution in [2.45, 2.75) is 19.0 Å². The van der Waals surface area contributed by atoms with Gasteiger partial charge in [-0.3, -0.25) is 10.2 Å². The smallest absolute Gasteiger partial charge is 0.416 e. The molecule has 3 heterocycles. The number of ether oxygens (including phenoxy) is 2. The van der Waals surface area contributed by atoms with E-state index in [0.29, 0.717) is 31.1 Å². The molecule has 2 aromatic heterocycles. The molecule has 0 fully saturated rings. The maximum Gasteiger partial charge on any atom is 0.416 e. The molecule has 0 aliphatic carbocycles. The number of halogens is 3. The van der Waals surface area contributed by atoms with E-state index in [2.05, 4.69) is 15.3 Å². The highest BCUT2D eigenvalue weighted by Crippen LogP contribution is 2.35. The largest absolute Gasteiger partial charge is 0.488 e. The number of aromatic nitrogens is 2. The summed E-state index contributed by atoms with van der Waals surface area (Å²) < 4.78 is 50.5. The molecule has 4 rings (SSSR count). The van der Waals surface area contributed by atoms with Crippen molar-refractivity contribution in [1.29, 1.82) is 0 Å². The van der Waals surface area contributed by atoms with E-state index in [1.807, 2.05) is 0 Å². The van der Waals surface area contributed by atoms with Crippen molar-refractivity contribution in [3.8, 4) is 22.9 Å². The molecule has 0 atom stereocenters. The normalized spacial score (nSPS) is 13.1. The number of aliphatic hydroxyl groups excluding tert-OH is 1. The lowest BCUT2D eigenvalue weighted by Gasteiger charge is -2.28. The first-order valence-corrected chi connectivity index (χ1v) is 11.0. The molecule has 0 unspecified atom stereocenters. The van der Waals surface area contributed by atoms with Gasteiger partial charge in [0.2, 0.25) is 5.88 Å². The van der Waals surface area contributed by atoms with E-state index >= 15 is 0 Å². The summed E-state index contributed by atoms with van der Waals surface area (Å²) in [6, 6.07) is 12.4. The van der Waals surface area contributed by atoms with Crippen LogP contribution in [0.25, 0.3) is 11.3 Å². The number of fused-ring (bicyclic) bond motifs is 1. The fraction of sp³-hybridized carbons (Fsp3) is 0.292. The highest BCUT2D eigenvalue weighted by Gasteiger charge is 2.31. The van der Waals surface area contributed by atoms with Gasteiger partial charge in [-0.2, -0.15) is 18.2 Å². The van der Waals surface area contributed by atoms with Gasteiger partial charge in [0.15, 0.2) is 11.6 Å². The summed E-state index contributed by atoms with van der Waals surface area (Å²) >= 11 is 0. The second-order valence-electron chi connectivity index (χ2n) is 7.67. The molecule has 0 bridgehead atoms. The van der Waals surface area contributed by atoms with Gasteiger partial charge in [-0.15, -0.1) is 0 Å². The molecule has 35 heavy (non-hydrogen) atoms. The van der Waals surface area contributed by atoms with Crippen LogP contribution in [-0.4, -0.2) is 47.5 Å². The van der Waals surface area contributed by atoms with Crippen molar-refractivity contribution >= 4 is 17.7 Å². The van der Waals surface area contributed by atoms with Gasteiger partial charge in [-0.1, -0.05) is 18.2 Å². The Morgan fingerprint density at radius 2 is 1.94 bits per heavy atom. The zero-order valence-electron chi connectivity index (χ0n) is 18.6. The van der Waals surface area contributed by atoms with Crippen LogP contribution in [0.5, 0.6) is 11.6 Å². The minimum absolute atomic E-state index is 0.0808. The summed E-state index contributed by atoms with van der Waals surface area (Å²) in [7, 11) is 0. The Balaban J connectivity index is 1.53. The monoisotopic (exact) mass is 488 g/mol. The SMILES string of the molecule is O=C(Nc1cccc(OCCCCO)n1)N1CCOc2ccc(-c3cccc(C(F)(F)F)c3)nc21. The lowest BCUT2D eigenvalue weighted by Crippen LogP contribution is -2.41. The number of urea groups is 1. The van der Waals surface area contributed by atoms with Crippen molar-refractivity contribution in [3.05, 3.63) is 60.2 Å². The number of nitrogens with one attached hydrogen (secondary N) is 1. The van der Waals surface area contributed by atoms with E-state index in [0.717, 1.165) is 12.1 Å². The molecule has 11 heteroatoms. The minimum atomic E-state index is -4.48. The van der Waals surface area contributed by atoms with Crippen molar-refractivity contribution < 1.29 is 32.5 Å². The lowest BCUT2D eigenvalue weighted by atomic mass is 10.1. The van der Waals surface area contributed by atoms with Crippen LogP contribution in [0.1, 0.15) is 18.4 Å². The highest BCUT2D eigenvalue weighted by molar-refractivity contribution is 6.02. The van der Waals surface area contributed by atoms with Crippen LogP contribution in [0, 0.1) is 0 Å². The first-order valence-electron chi connectivity index (χ1n) is 11.0. The third kappa shape index (κ3) is 5.99. The van der Waals surface area contributed by atoms with Crippen LogP contribution in [0.2, 0.25) is 0 Å². The van der Waals surface area contributed by atoms with E-state index in [9.17, 15) is 18.0 Å². The van der Waals surface area contributed by atoms with Gasteiger partial charge in [-0.05, 0) is 43.2 Å². The number of pyridine rings is 2. The van der Waals surface area contributed by atoms with Crippen LogP contribution in [-0.2, 0) is 6.18 Å². The molecular weight excluding hydrogens is 465 g/mol. The number of benzene rings is 1. The quantitative estimate of drug-likeness (QED) is 0.466. The number of hydrogen-bond donors (Lipinski definition) is 2. The zero-order chi connectivity index (χ0) is 24.8. The van der Waals surface area contributed by atoms with Gasteiger partial charge in [0, 0.05) is 18.2 Å². The predicted molar refractivity (Wildman–Crippen MR) is 123 cm³/mol. The Morgan fingerprint density at radius 3 is 2.74 bits per heavy atom. The molecule has 0 radical (unpaired) electrons. The van der Waals surface area contributed by atoms with Gasteiger partial charge < -0.3 is 14.6 Å². The summed E-state index contributed by atoms with van der Waals surface area (Å²) in [5, 5.41) is 11.5. The molecule has 1 aliphatic rings. The molecule has 184 valence electrons. The number of alkyl halides is 3. The summed E-state index contributed by atoms with van der Waals surface area (Å²) in [6.45, 7) is 0.878. The second kappa shape index (κ2) is 10.6. The van der Waals surface area contributed by atoms with Crippen LogP contribution in [0.4, 0.5) is 29.6 Å². The first kappa shape index (κ1) is 24.3. The van der Waals surface area contributed by atoms with Gasteiger partial charge in [0.1, 0.15) is 12.4 Å². The van der Waals surface area contributed by atoms with E-state index in [4.69, 9.17) is 14.6 Å². The summed E-state index contributed by atoms with van der Waals surface area (Å²) in [5.41, 5.74) is -0.249. The van der Waals surface area contributed by atoms with Crippen LogP contribution < -0.4 is 19.7 Å². The number of rotatable bonds is 7. The van der Waals surface area contributed by atoms with Crippen LogP contribution >= 0.6 is 0 Å². The average molecular weight is 488 g/mol. The molecule has 1 aromatic carbocycles. The predicted octanol–water partition coefficient (Wildman–Crippen LogP) is 4.74. The number of anilines is 2. The topological polar surface area (TPSA) is 96.8 Å². The van der Waals surface area contributed by atoms with E-state index in [-0.39, 0.29) is 42.7 Å². The second-order valence-corrected chi connectivity index (χ2v) is 7.67. The van der Waals surface area contributed by atoms with Crippen molar-refractivity contribution in [1.82, 2.24) is 9.97 Å². The zero-order valence-corrected chi connectivity index (χ0v) is 18.6. The Hall–Kier alpha value is -3.86. The molecule has 8 nitrogen and oxygen atoms in total. The number of aliphatic hydroxyl groups is 1. The third-order valence-electron chi connectivity index (χ3n) is 5.16. The van der Waals surface area contributed by atoms with Gasteiger partial charge in [-0.25, -0.2) is 9.78 Å². The van der Waals surface area contributed by atoms with E-state index < -0.39 is 17.8 Å². The van der Waals surface area contributed by atoms with Crippen molar-refractivity contribution in [3.63, 3.8) is 0 Å². The van der Waals surface area contributed by atoms with E-state index in [1.165, 1.54) is 17.0 Å². The average Bonchev–Trinajstić information content (AvgIpc) is 2.86. The van der Waals surface area contributed by atoms with Gasteiger partial charge in [0.25, 0.3) is 0 Å². The number of amides is 2. The van der Waals surface area contributed by atoms with Gasteiger partial charge in [0.05, 0.1) is 24.4 Å². The van der Waals surface area contributed by atoms with Crippen molar-refractivity contribution in [2.75, 3.05) is 36.6 Å². The van der Waals surface area contributed by atoms with Gasteiger partial charge >= 0.3 is 12.2 Å². The molecule has 0 spiro atoms. The first-order chi connectivity index (χ1) is 16.8. The van der Waals surface area contributed by atoms with E-state index in [1.54, 1.807) is 30.3 Å². The number of nitrogens with zero attached hydrogens (tertiary/aromatic N) is 3. The Morgan fingerprint density at radius 1 is 1.11 bits per heavy atom. The molecular formula is C24H23F3N4O4. The Bertz CT molecular complexity index is 1190. The fourth-order valence-corrected chi connectivity index (χ4v) is 3.44. The Labute approximate surface area is 199 Å². The summed E-state index contributed by atoms with van der Waals surface area (Å²) in [6.07, 6.45) is -3.20. The maximum absolute atomic E-state index is 13.1. The molecule has 3 aromatic rings. The Kier molecular flexibility index (Phi) is 7.35.